The van der Waals surface area contributed by atoms with Gasteiger partial charge in [0, 0.05) is 18.8 Å². The Bertz CT molecular complexity index is 575. The molecule has 0 fully saturated rings. The normalized spacial score (nSPS) is 10.7. The topological polar surface area (TPSA) is 52.7 Å². The van der Waals surface area contributed by atoms with Crippen LogP contribution in [0, 0.1) is 0 Å². The zero-order valence-corrected chi connectivity index (χ0v) is 9.90. The molecular weight excluding hydrogens is 251 g/mol. The summed E-state index contributed by atoms with van der Waals surface area (Å²) < 4.78 is 2.69. The van der Waals surface area contributed by atoms with E-state index < -0.39 is 0 Å². The van der Waals surface area contributed by atoms with E-state index in [1.807, 2.05) is 0 Å². The van der Waals surface area contributed by atoms with Crippen LogP contribution in [0.3, 0.4) is 0 Å². The zero-order chi connectivity index (χ0) is 11.7. The van der Waals surface area contributed by atoms with Crippen LogP contribution in [0.15, 0.2) is 23.4 Å². The second-order valence-corrected chi connectivity index (χ2v) is 4.07. The van der Waals surface area contributed by atoms with Crippen LogP contribution in [0.25, 0.3) is 0 Å². The van der Waals surface area contributed by atoms with Crippen LogP contribution in [0.4, 0.5) is 0 Å². The SMILES string of the molecule is Cn1cnn(Cc2cnc(Cl)cc2Cl)c1=O. The molecule has 0 radical (unpaired) electrons. The van der Waals surface area contributed by atoms with Crippen LogP contribution in [0.1, 0.15) is 5.56 Å². The van der Waals surface area contributed by atoms with Crippen molar-refractivity contribution in [3.8, 4) is 0 Å². The highest BCUT2D eigenvalue weighted by atomic mass is 35.5. The summed E-state index contributed by atoms with van der Waals surface area (Å²) in [6.45, 7) is 0.280. The number of nitrogens with zero attached hydrogens (tertiary/aromatic N) is 4. The maximum atomic E-state index is 11.5. The van der Waals surface area contributed by atoms with E-state index >= 15 is 0 Å². The molecule has 2 rings (SSSR count). The van der Waals surface area contributed by atoms with Gasteiger partial charge < -0.3 is 0 Å². The molecule has 2 aromatic heterocycles. The van der Waals surface area contributed by atoms with Gasteiger partial charge in [-0.05, 0) is 6.07 Å². The van der Waals surface area contributed by atoms with Gasteiger partial charge in [-0.3, -0.25) is 4.57 Å². The van der Waals surface area contributed by atoms with Crippen LogP contribution in [0.2, 0.25) is 10.2 Å². The van der Waals surface area contributed by atoms with E-state index in [0.717, 1.165) is 0 Å². The fourth-order valence-electron chi connectivity index (χ4n) is 1.24. The van der Waals surface area contributed by atoms with Crippen molar-refractivity contribution in [1.82, 2.24) is 19.3 Å². The Morgan fingerprint density at radius 1 is 1.44 bits per heavy atom. The van der Waals surface area contributed by atoms with E-state index in [2.05, 4.69) is 10.1 Å². The average molecular weight is 259 g/mol. The molecule has 0 aliphatic rings. The number of hydrogen-bond donors (Lipinski definition) is 0. The molecule has 0 amide bonds. The molecule has 84 valence electrons. The summed E-state index contributed by atoms with van der Waals surface area (Å²) in [6, 6.07) is 1.53. The maximum Gasteiger partial charge on any atom is 0.345 e. The Labute approximate surface area is 101 Å². The summed E-state index contributed by atoms with van der Waals surface area (Å²) in [5.74, 6) is 0. The molecule has 16 heavy (non-hydrogen) atoms. The van der Waals surface area contributed by atoms with E-state index in [0.29, 0.717) is 15.7 Å². The van der Waals surface area contributed by atoms with Crippen LogP contribution in [-0.2, 0) is 13.6 Å². The quantitative estimate of drug-likeness (QED) is 0.764. The van der Waals surface area contributed by atoms with E-state index in [1.54, 1.807) is 7.05 Å². The van der Waals surface area contributed by atoms with Gasteiger partial charge in [0.25, 0.3) is 0 Å². The van der Waals surface area contributed by atoms with Crippen molar-refractivity contribution < 1.29 is 0 Å². The summed E-state index contributed by atoms with van der Waals surface area (Å²) in [5.41, 5.74) is 0.498. The Kier molecular flexibility index (Phi) is 2.98. The van der Waals surface area contributed by atoms with Crippen molar-refractivity contribution in [2.45, 2.75) is 6.54 Å². The molecule has 0 atom stereocenters. The largest absolute Gasteiger partial charge is 0.345 e. The van der Waals surface area contributed by atoms with E-state index in [4.69, 9.17) is 23.2 Å². The number of aryl methyl sites for hydroxylation is 1. The van der Waals surface area contributed by atoms with Gasteiger partial charge in [-0.25, -0.2) is 14.5 Å². The summed E-state index contributed by atoms with van der Waals surface area (Å²) in [6.07, 6.45) is 2.98. The van der Waals surface area contributed by atoms with E-state index in [-0.39, 0.29) is 12.2 Å². The number of rotatable bonds is 2. The summed E-state index contributed by atoms with van der Waals surface area (Å²) in [7, 11) is 1.63. The first-order chi connectivity index (χ1) is 7.58. The lowest BCUT2D eigenvalue weighted by Crippen LogP contribution is -2.23. The number of aromatic nitrogens is 4. The average Bonchev–Trinajstić information content (AvgIpc) is 2.54. The molecule has 0 saturated carbocycles. The van der Waals surface area contributed by atoms with Gasteiger partial charge in [0.15, 0.2) is 0 Å². The standard InChI is InChI=1S/C9H8Cl2N4O/c1-14-5-13-15(9(14)16)4-6-3-12-8(11)2-7(6)10/h2-3,5H,4H2,1H3. The fraction of sp³-hybridized carbons (Fsp3) is 0.222. The van der Waals surface area contributed by atoms with Crippen LogP contribution >= 0.6 is 23.2 Å². The minimum atomic E-state index is -0.203. The minimum Gasteiger partial charge on any atom is -0.285 e. The molecule has 0 aromatic carbocycles. The molecule has 0 N–H and O–H groups in total. The highest BCUT2D eigenvalue weighted by molar-refractivity contribution is 6.34. The predicted molar refractivity (Wildman–Crippen MR) is 60.8 cm³/mol. The van der Waals surface area contributed by atoms with Crippen molar-refractivity contribution in [3.63, 3.8) is 0 Å². The molecule has 0 spiro atoms. The molecule has 7 heteroatoms. The van der Waals surface area contributed by atoms with Crippen LogP contribution < -0.4 is 5.69 Å². The molecular formula is C9H8Cl2N4O. The van der Waals surface area contributed by atoms with Gasteiger partial charge in [-0.1, -0.05) is 23.2 Å². The first-order valence-electron chi connectivity index (χ1n) is 4.46. The van der Waals surface area contributed by atoms with Crippen molar-refractivity contribution >= 4 is 23.2 Å². The number of pyridine rings is 1. The molecule has 0 saturated heterocycles. The second kappa shape index (κ2) is 4.27. The third-order valence-corrected chi connectivity index (χ3v) is 2.66. The lowest BCUT2D eigenvalue weighted by Gasteiger charge is -2.02. The van der Waals surface area contributed by atoms with Crippen molar-refractivity contribution in [3.05, 3.63) is 44.8 Å². The molecule has 0 unspecified atom stereocenters. The molecule has 5 nitrogen and oxygen atoms in total. The Balaban J connectivity index is 2.34. The maximum absolute atomic E-state index is 11.5. The summed E-state index contributed by atoms with van der Waals surface area (Å²) in [5, 5.41) is 4.71. The zero-order valence-electron chi connectivity index (χ0n) is 8.39. The van der Waals surface area contributed by atoms with Crippen molar-refractivity contribution in [2.75, 3.05) is 0 Å². The van der Waals surface area contributed by atoms with Gasteiger partial charge in [-0.2, -0.15) is 5.10 Å². The number of halogens is 2. The Morgan fingerprint density at radius 3 is 2.75 bits per heavy atom. The van der Waals surface area contributed by atoms with Gasteiger partial charge >= 0.3 is 5.69 Å². The first kappa shape index (κ1) is 11.2. The van der Waals surface area contributed by atoms with Gasteiger partial charge in [0.1, 0.15) is 11.5 Å². The smallest absolute Gasteiger partial charge is 0.285 e. The van der Waals surface area contributed by atoms with E-state index in [9.17, 15) is 4.79 Å². The third kappa shape index (κ3) is 2.10. The van der Waals surface area contributed by atoms with Crippen molar-refractivity contribution in [1.29, 1.82) is 0 Å². The summed E-state index contributed by atoms with van der Waals surface area (Å²) in [4.78, 5) is 15.4. The van der Waals surface area contributed by atoms with Gasteiger partial charge in [0.2, 0.25) is 0 Å². The molecule has 2 aromatic rings. The van der Waals surface area contributed by atoms with E-state index in [1.165, 1.54) is 27.8 Å². The fourth-order valence-corrected chi connectivity index (χ4v) is 1.67. The van der Waals surface area contributed by atoms with Crippen molar-refractivity contribution in [2.24, 2.45) is 7.05 Å². The Hall–Kier alpha value is -1.33. The van der Waals surface area contributed by atoms with Gasteiger partial charge in [-0.15, -0.1) is 0 Å². The highest BCUT2D eigenvalue weighted by Crippen LogP contribution is 2.18. The number of hydrogen-bond acceptors (Lipinski definition) is 3. The molecule has 0 aliphatic carbocycles. The van der Waals surface area contributed by atoms with Gasteiger partial charge in [0.05, 0.1) is 11.6 Å². The first-order valence-corrected chi connectivity index (χ1v) is 5.22. The lowest BCUT2D eigenvalue weighted by molar-refractivity contribution is 0.645. The Morgan fingerprint density at radius 2 is 2.19 bits per heavy atom. The second-order valence-electron chi connectivity index (χ2n) is 3.28. The van der Waals surface area contributed by atoms with Crippen LogP contribution in [0.5, 0.6) is 0 Å². The summed E-state index contributed by atoms with van der Waals surface area (Å²) >= 11 is 11.6. The molecule has 2 heterocycles. The lowest BCUT2D eigenvalue weighted by atomic mass is 10.3. The highest BCUT2D eigenvalue weighted by Gasteiger charge is 2.07. The monoisotopic (exact) mass is 258 g/mol. The third-order valence-electron chi connectivity index (χ3n) is 2.10. The minimum absolute atomic E-state index is 0.203. The predicted octanol–water partition coefficient (Wildman–Crippen LogP) is 1.33. The van der Waals surface area contributed by atoms with Crippen LogP contribution in [-0.4, -0.2) is 19.3 Å². The molecule has 0 bridgehead atoms. The molecule has 0 aliphatic heterocycles.